The molecule has 105 heavy (non-hydrogen) atoms. The maximum atomic E-state index is 6.03. The van der Waals surface area contributed by atoms with Crippen LogP contribution in [0.15, 0.2) is 370 Å². The molecule has 0 N–H and O–H groups in total. The second-order valence-electron chi connectivity index (χ2n) is 28.3. The molecule has 0 radical (unpaired) electrons. The van der Waals surface area contributed by atoms with Crippen molar-refractivity contribution >= 4 is 133 Å². The van der Waals surface area contributed by atoms with E-state index in [0.717, 1.165) is 129 Å². The fourth-order valence-electron chi connectivity index (χ4n) is 17.7. The van der Waals surface area contributed by atoms with Crippen molar-refractivity contribution in [2.75, 3.05) is 9.80 Å². The van der Waals surface area contributed by atoms with Crippen molar-refractivity contribution in [2.24, 2.45) is 0 Å². The van der Waals surface area contributed by atoms with Crippen LogP contribution in [0.1, 0.15) is 0 Å². The lowest BCUT2D eigenvalue weighted by Gasteiger charge is -2.45. The standard InChI is InChI=1S/C100H61BN4/c1-7-23-62(24-8-1)74-49-75(63-25-9-2-10-26-63)53-80(52-74)97-84-39-19-20-40-89(84)102-100(103-97)81-60-90-96-91(61-81)105(83-56-78(66-31-15-5-16-32-66)51-79(57-83)67-33-17-6-18-34-67)99-86-48-46-71-38-22-36-69-42-44-73(95(86)93(69)71)59-88(99)101(96)87-58-72-43-41-68-35-21-37-70-45-47-85(94(72)92(68)70)98(87)104(90)82-54-76(64-27-11-3-12-28-64)50-77(55-82)65-29-13-4-14-30-65/h1-61H. The van der Waals surface area contributed by atoms with Gasteiger partial charge in [0.1, 0.15) is 0 Å². The molecule has 1 aromatic heterocycles. The molecule has 22 rings (SSSR count). The first kappa shape index (κ1) is 59.0. The Hall–Kier alpha value is -13.7. The second-order valence-corrected chi connectivity index (χ2v) is 28.3. The molecule has 0 spiro atoms. The van der Waals surface area contributed by atoms with Gasteiger partial charge in [-0.15, -0.1) is 0 Å². The highest BCUT2D eigenvalue weighted by molar-refractivity contribution is 7.01. The fraction of sp³-hybridized carbons (Fsp3) is 0. The first-order valence-corrected chi connectivity index (χ1v) is 36.3. The molecule has 4 nitrogen and oxygen atoms in total. The van der Waals surface area contributed by atoms with E-state index in [1.807, 2.05) is 0 Å². The minimum atomic E-state index is -0.285. The van der Waals surface area contributed by atoms with E-state index in [1.165, 1.54) is 81.0 Å². The van der Waals surface area contributed by atoms with Crippen molar-refractivity contribution < 1.29 is 0 Å². The van der Waals surface area contributed by atoms with Crippen molar-refractivity contribution in [2.45, 2.75) is 0 Å². The molecule has 2 aliphatic heterocycles. The van der Waals surface area contributed by atoms with E-state index in [1.54, 1.807) is 0 Å². The Morgan fingerprint density at radius 1 is 0.219 bits per heavy atom. The predicted molar refractivity (Wildman–Crippen MR) is 444 cm³/mol. The molecule has 0 aliphatic carbocycles. The van der Waals surface area contributed by atoms with E-state index < -0.39 is 0 Å². The monoisotopic (exact) mass is 1330 g/mol. The van der Waals surface area contributed by atoms with Crippen molar-refractivity contribution in [3.05, 3.63) is 370 Å². The summed E-state index contributed by atoms with van der Waals surface area (Å²) in [7, 11) is 0. The Labute approximate surface area is 608 Å². The van der Waals surface area contributed by atoms with Crippen LogP contribution < -0.4 is 26.2 Å². The van der Waals surface area contributed by atoms with E-state index in [9.17, 15) is 0 Å². The number of para-hydroxylation sites is 1. The molecule has 0 atom stereocenters. The van der Waals surface area contributed by atoms with E-state index >= 15 is 0 Å². The molecule has 484 valence electrons. The summed E-state index contributed by atoms with van der Waals surface area (Å²) >= 11 is 0. The lowest BCUT2D eigenvalue weighted by molar-refractivity contribution is 1.21. The van der Waals surface area contributed by atoms with Crippen LogP contribution in [0.25, 0.3) is 165 Å². The Morgan fingerprint density at radius 3 is 0.943 bits per heavy atom. The summed E-state index contributed by atoms with van der Waals surface area (Å²) in [5, 5.41) is 15.7. The highest BCUT2D eigenvalue weighted by Gasteiger charge is 2.46. The van der Waals surface area contributed by atoms with Crippen LogP contribution in [-0.4, -0.2) is 16.7 Å². The van der Waals surface area contributed by atoms with Crippen LogP contribution in [0.3, 0.4) is 0 Å². The van der Waals surface area contributed by atoms with Gasteiger partial charge in [-0.05, 0) is 210 Å². The third kappa shape index (κ3) is 9.42. The summed E-state index contributed by atoms with van der Waals surface area (Å²) in [6, 6.07) is 138. The van der Waals surface area contributed by atoms with Gasteiger partial charge in [0, 0.05) is 61.4 Å². The number of hydrogen-bond donors (Lipinski definition) is 0. The number of rotatable bonds is 10. The van der Waals surface area contributed by atoms with E-state index in [-0.39, 0.29) is 6.71 Å². The summed E-state index contributed by atoms with van der Waals surface area (Å²) in [6.45, 7) is -0.285. The van der Waals surface area contributed by atoms with Gasteiger partial charge in [-0.1, -0.05) is 297 Å². The summed E-state index contributed by atoms with van der Waals surface area (Å²) in [5.74, 6) is 0.624. The largest absolute Gasteiger partial charge is 0.311 e. The average Bonchev–Trinajstić information content (AvgIpc) is 0.675. The summed E-state index contributed by atoms with van der Waals surface area (Å²) < 4.78 is 0. The van der Waals surface area contributed by atoms with Crippen LogP contribution in [0, 0.1) is 0 Å². The van der Waals surface area contributed by atoms with Gasteiger partial charge in [-0.25, -0.2) is 9.97 Å². The number of nitrogens with zero attached hydrogens (tertiary/aromatic N) is 4. The molecule has 0 unspecified atom stereocenters. The van der Waals surface area contributed by atoms with Crippen LogP contribution >= 0.6 is 0 Å². The van der Waals surface area contributed by atoms with Gasteiger partial charge in [-0.3, -0.25) is 0 Å². The molecule has 0 bridgehead atoms. The Balaban J connectivity index is 0.919. The molecule has 0 fully saturated rings. The first-order valence-electron chi connectivity index (χ1n) is 36.3. The molecule has 0 saturated heterocycles. The van der Waals surface area contributed by atoms with E-state index in [2.05, 4.69) is 380 Å². The van der Waals surface area contributed by atoms with Crippen molar-refractivity contribution in [3.8, 4) is 89.4 Å². The summed E-state index contributed by atoms with van der Waals surface area (Å²) in [5.41, 5.74) is 27.3. The van der Waals surface area contributed by atoms with Gasteiger partial charge < -0.3 is 9.80 Å². The lowest BCUT2D eigenvalue weighted by atomic mass is 9.33. The average molecular weight is 1330 g/mol. The first-order chi connectivity index (χ1) is 52.0. The molecule has 19 aromatic carbocycles. The fourth-order valence-corrected chi connectivity index (χ4v) is 17.7. The quantitative estimate of drug-likeness (QED) is 0.101. The molecule has 2 aliphatic rings. The Kier molecular flexibility index (Phi) is 13.2. The number of anilines is 6. The van der Waals surface area contributed by atoms with Crippen LogP contribution in [-0.2, 0) is 0 Å². The van der Waals surface area contributed by atoms with Crippen LogP contribution in [0.5, 0.6) is 0 Å². The molecule has 5 heteroatoms. The molecule has 3 heterocycles. The highest BCUT2D eigenvalue weighted by Crippen LogP contribution is 2.54. The zero-order valence-electron chi connectivity index (χ0n) is 57.1. The van der Waals surface area contributed by atoms with Crippen molar-refractivity contribution in [1.82, 2.24) is 9.97 Å². The SMILES string of the molecule is c1ccc(-c2cc(-c3ccccc3)cc(-c3nc(-c4cc5c6c(c4)N(c4cc(-c7ccccc7)cc(-c7ccccc7)c4)c4c(cc7ccc8cccc9ccc4c7c89)B6c4cc6ccc7cccc8ccc(c4N5c4cc(-c5ccccc5)cc(-c5ccccc5)c4)c6c78)nc4ccccc34)c2)cc1. The van der Waals surface area contributed by atoms with Gasteiger partial charge in [-0.2, -0.15) is 0 Å². The van der Waals surface area contributed by atoms with Gasteiger partial charge in [0.25, 0.3) is 6.71 Å². The predicted octanol–water partition coefficient (Wildman–Crippen LogP) is 24.8. The maximum Gasteiger partial charge on any atom is 0.252 e. The van der Waals surface area contributed by atoms with E-state index in [4.69, 9.17) is 9.97 Å². The number of aromatic nitrogens is 2. The Morgan fingerprint density at radius 2 is 0.552 bits per heavy atom. The van der Waals surface area contributed by atoms with Crippen molar-refractivity contribution in [3.63, 3.8) is 0 Å². The van der Waals surface area contributed by atoms with Crippen molar-refractivity contribution in [1.29, 1.82) is 0 Å². The molecular formula is C100H61BN4. The molecule has 0 amide bonds. The van der Waals surface area contributed by atoms with Crippen LogP contribution in [0.4, 0.5) is 34.1 Å². The highest BCUT2D eigenvalue weighted by atomic mass is 15.2. The topological polar surface area (TPSA) is 32.3 Å². The zero-order chi connectivity index (χ0) is 68.8. The van der Waals surface area contributed by atoms with Gasteiger partial charge in [0.05, 0.1) is 11.2 Å². The van der Waals surface area contributed by atoms with E-state index in [0.29, 0.717) is 5.82 Å². The van der Waals surface area contributed by atoms with Gasteiger partial charge in [0.15, 0.2) is 5.82 Å². The maximum absolute atomic E-state index is 6.03. The third-order valence-electron chi connectivity index (χ3n) is 22.3. The zero-order valence-corrected chi connectivity index (χ0v) is 57.1. The third-order valence-corrected chi connectivity index (χ3v) is 22.3. The smallest absolute Gasteiger partial charge is 0.252 e. The molecule has 0 saturated carbocycles. The number of benzene rings is 19. The minimum Gasteiger partial charge on any atom is -0.311 e. The normalized spacial score (nSPS) is 12.5. The summed E-state index contributed by atoms with van der Waals surface area (Å²) in [6.07, 6.45) is 0. The lowest BCUT2D eigenvalue weighted by Crippen LogP contribution is -2.61. The van der Waals surface area contributed by atoms with Gasteiger partial charge in [0.2, 0.25) is 0 Å². The summed E-state index contributed by atoms with van der Waals surface area (Å²) in [4.78, 5) is 17.2. The van der Waals surface area contributed by atoms with Crippen LogP contribution in [0.2, 0.25) is 0 Å². The Bertz CT molecular complexity index is 6370. The van der Waals surface area contributed by atoms with Gasteiger partial charge >= 0.3 is 0 Å². The molecule has 20 aromatic rings. The number of fused-ring (bicyclic) bond motifs is 7. The number of hydrogen-bond acceptors (Lipinski definition) is 4. The second kappa shape index (κ2) is 23.4. The molecular weight excluding hydrogens is 1270 g/mol. The minimum absolute atomic E-state index is 0.285.